The Morgan fingerprint density at radius 1 is 0.926 bits per heavy atom. The van der Waals surface area contributed by atoms with Gasteiger partial charge in [0, 0.05) is 47.9 Å². The summed E-state index contributed by atoms with van der Waals surface area (Å²) < 4.78 is 0. The minimum Gasteiger partial charge on any atom is -0.378 e. The molecule has 3 nitrogen and oxygen atoms in total. The third-order valence-corrected chi connectivity index (χ3v) is 5.91. The molecule has 1 aliphatic heterocycles. The highest BCUT2D eigenvalue weighted by molar-refractivity contribution is 7.99. The molecule has 0 saturated heterocycles. The number of rotatable bonds is 3. The van der Waals surface area contributed by atoms with Crippen molar-refractivity contribution in [1.29, 1.82) is 0 Å². The third kappa shape index (κ3) is 3.68. The van der Waals surface area contributed by atoms with Gasteiger partial charge in [-0.1, -0.05) is 35.5 Å². The molecule has 0 aromatic heterocycles. The predicted molar refractivity (Wildman–Crippen MR) is 118 cm³/mol. The maximum atomic E-state index is 6.17. The van der Waals surface area contributed by atoms with Gasteiger partial charge < -0.3 is 9.80 Å². The van der Waals surface area contributed by atoms with Crippen molar-refractivity contribution in [2.75, 3.05) is 30.9 Å². The fourth-order valence-corrected chi connectivity index (χ4v) is 4.50. The number of anilines is 3. The van der Waals surface area contributed by atoms with Gasteiger partial charge in [-0.25, -0.2) is 0 Å². The molecule has 0 spiro atoms. The van der Waals surface area contributed by atoms with Crippen LogP contribution in [0.4, 0.5) is 22.7 Å². The fraction of sp³-hybridized carbons (Fsp3) is 0.136. The topological polar surface area (TPSA) is 18.8 Å². The molecule has 4 rings (SSSR count). The van der Waals surface area contributed by atoms with Gasteiger partial charge in [-0.15, -0.1) is 0 Å². The van der Waals surface area contributed by atoms with Gasteiger partial charge >= 0.3 is 0 Å². The Kier molecular flexibility index (Phi) is 4.85. The van der Waals surface area contributed by atoms with E-state index in [0.717, 1.165) is 21.2 Å². The van der Waals surface area contributed by atoms with Crippen LogP contribution in [0.3, 0.4) is 0 Å². The number of fused-ring (bicyclic) bond motifs is 2. The van der Waals surface area contributed by atoms with Gasteiger partial charge in [0.25, 0.3) is 0 Å². The minimum atomic E-state index is 0.758. The first-order valence-corrected chi connectivity index (χ1v) is 9.87. The average Bonchev–Trinajstić information content (AvgIpc) is 2.66. The highest BCUT2D eigenvalue weighted by atomic mass is 35.5. The summed E-state index contributed by atoms with van der Waals surface area (Å²) in [5.41, 5.74) is 5.56. The Hall–Kier alpha value is -2.43. The van der Waals surface area contributed by atoms with Gasteiger partial charge in [0.15, 0.2) is 0 Å². The fourth-order valence-electron chi connectivity index (χ4n) is 3.04. The van der Waals surface area contributed by atoms with E-state index < -0.39 is 0 Å². The summed E-state index contributed by atoms with van der Waals surface area (Å²) >= 11 is 7.91. The Morgan fingerprint density at radius 3 is 2.30 bits per heavy atom. The molecule has 0 N–H and O–H groups in total. The molecule has 3 aromatic carbocycles. The zero-order valence-corrected chi connectivity index (χ0v) is 17.1. The molecule has 0 atom stereocenters. The molecular weight excluding hydrogens is 374 g/mol. The summed E-state index contributed by atoms with van der Waals surface area (Å²) in [7, 11) is 6.16. The molecule has 0 aliphatic carbocycles. The van der Waals surface area contributed by atoms with Crippen LogP contribution in [0, 0.1) is 0 Å². The molecule has 0 unspecified atom stereocenters. The van der Waals surface area contributed by atoms with Crippen molar-refractivity contribution in [2.45, 2.75) is 9.79 Å². The van der Waals surface area contributed by atoms with Crippen LogP contribution in [0.2, 0.25) is 5.02 Å². The molecular formula is C22H20ClN3S. The summed E-state index contributed by atoms with van der Waals surface area (Å²) in [5, 5.41) is 0.758. The van der Waals surface area contributed by atoms with Crippen molar-refractivity contribution >= 4 is 52.3 Å². The van der Waals surface area contributed by atoms with Crippen LogP contribution in [0.5, 0.6) is 0 Å². The van der Waals surface area contributed by atoms with Crippen LogP contribution in [0.25, 0.3) is 0 Å². The SMILES string of the molecule is CN(C)c1ccc(C=Nc2ccc3c(c2)Sc2cc(Cl)ccc2N3C)cc1. The Morgan fingerprint density at radius 2 is 1.59 bits per heavy atom. The number of nitrogens with zero attached hydrogens (tertiary/aromatic N) is 3. The average molecular weight is 394 g/mol. The van der Waals surface area contributed by atoms with Crippen LogP contribution in [0.1, 0.15) is 5.56 Å². The Balaban J connectivity index is 1.59. The first-order chi connectivity index (χ1) is 13.0. The molecule has 27 heavy (non-hydrogen) atoms. The number of hydrogen-bond donors (Lipinski definition) is 0. The van der Waals surface area contributed by atoms with Crippen molar-refractivity contribution in [3.8, 4) is 0 Å². The normalized spacial score (nSPS) is 12.8. The zero-order valence-electron chi connectivity index (χ0n) is 15.5. The summed E-state index contributed by atoms with van der Waals surface area (Å²) in [6, 6.07) is 20.7. The first kappa shape index (κ1) is 18.0. The maximum Gasteiger partial charge on any atom is 0.0642 e. The van der Waals surface area contributed by atoms with Gasteiger partial charge in [-0.05, 0) is 54.1 Å². The molecule has 136 valence electrons. The van der Waals surface area contributed by atoms with E-state index in [1.807, 2.05) is 32.4 Å². The summed E-state index contributed by atoms with van der Waals surface area (Å²) in [6.45, 7) is 0. The lowest BCUT2D eigenvalue weighted by Gasteiger charge is -2.29. The largest absolute Gasteiger partial charge is 0.378 e. The van der Waals surface area contributed by atoms with Crippen molar-refractivity contribution in [3.05, 3.63) is 71.2 Å². The molecule has 0 radical (unpaired) electrons. The van der Waals surface area contributed by atoms with Crippen molar-refractivity contribution in [2.24, 2.45) is 4.99 Å². The number of benzene rings is 3. The lowest BCUT2D eigenvalue weighted by atomic mass is 10.2. The summed E-state index contributed by atoms with van der Waals surface area (Å²) in [6.07, 6.45) is 1.91. The number of aliphatic imine (C=N–C) groups is 1. The van der Waals surface area contributed by atoms with E-state index in [9.17, 15) is 0 Å². The van der Waals surface area contributed by atoms with E-state index in [2.05, 4.69) is 70.4 Å². The van der Waals surface area contributed by atoms with Gasteiger partial charge in [-0.3, -0.25) is 4.99 Å². The molecule has 1 heterocycles. The standard InChI is InChI=1S/C22H20ClN3S/c1-25(2)18-8-4-15(5-9-18)14-24-17-7-11-20-22(13-17)27-21-12-16(23)6-10-19(21)26(20)3/h4-14H,1-3H3. The molecule has 3 aromatic rings. The molecule has 0 bridgehead atoms. The van der Waals surface area contributed by atoms with E-state index in [1.54, 1.807) is 11.8 Å². The highest BCUT2D eigenvalue weighted by Gasteiger charge is 2.21. The van der Waals surface area contributed by atoms with Crippen LogP contribution in [0.15, 0.2) is 75.4 Å². The lowest BCUT2D eigenvalue weighted by molar-refractivity contribution is 1.11. The zero-order chi connectivity index (χ0) is 19.0. The number of hydrogen-bond acceptors (Lipinski definition) is 4. The van der Waals surface area contributed by atoms with Crippen molar-refractivity contribution in [1.82, 2.24) is 0 Å². The predicted octanol–water partition coefficient (Wildman–Crippen LogP) is 6.39. The molecule has 0 amide bonds. The van der Waals surface area contributed by atoms with E-state index in [4.69, 9.17) is 11.6 Å². The molecule has 5 heteroatoms. The van der Waals surface area contributed by atoms with Crippen LogP contribution in [-0.4, -0.2) is 27.4 Å². The second kappa shape index (κ2) is 7.29. The smallest absolute Gasteiger partial charge is 0.0642 e. The quantitative estimate of drug-likeness (QED) is 0.480. The second-order valence-electron chi connectivity index (χ2n) is 6.67. The molecule has 0 saturated carbocycles. The molecule has 0 fully saturated rings. The van der Waals surface area contributed by atoms with Crippen molar-refractivity contribution in [3.63, 3.8) is 0 Å². The van der Waals surface area contributed by atoms with E-state index in [-0.39, 0.29) is 0 Å². The van der Waals surface area contributed by atoms with E-state index >= 15 is 0 Å². The van der Waals surface area contributed by atoms with Gasteiger partial charge in [-0.2, -0.15) is 0 Å². The minimum absolute atomic E-state index is 0.758. The Labute approximate surface area is 169 Å². The van der Waals surface area contributed by atoms with E-state index in [1.165, 1.54) is 22.0 Å². The van der Waals surface area contributed by atoms with Crippen LogP contribution >= 0.6 is 23.4 Å². The third-order valence-electron chi connectivity index (χ3n) is 4.58. The van der Waals surface area contributed by atoms with Gasteiger partial charge in [0.05, 0.1) is 17.1 Å². The maximum absolute atomic E-state index is 6.17. The highest BCUT2D eigenvalue weighted by Crippen LogP contribution is 2.49. The van der Waals surface area contributed by atoms with E-state index in [0.29, 0.717) is 0 Å². The molecule has 1 aliphatic rings. The van der Waals surface area contributed by atoms with Crippen molar-refractivity contribution < 1.29 is 0 Å². The van der Waals surface area contributed by atoms with Gasteiger partial charge in [0.1, 0.15) is 0 Å². The lowest BCUT2D eigenvalue weighted by Crippen LogP contribution is -2.14. The van der Waals surface area contributed by atoms with Gasteiger partial charge in [0.2, 0.25) is 0 Å². The monoisotopic (exact) mass is 393 g/mol. The Bertz CT molecular complexity index is 1010. The second-order valence-corrected chi connectivity index (χ2v) is 8.19. The number of halogens is 1. The summed E-state index contributed by atoms with van der Waals surface area (Å²) in [4.78, 5) is 11.3. The summed E-state index contributed by atoms with van der Waals surface area (Å²) in [5.74, 6) is 0. The van der Waals surface area contributed by atoms with Crippen LogP contribution in [-0.2, 0) is 0 Å². The van der Waals surface area contributed by atoms with Crippen LogP contribution < -0.4 is 9.80 Å². The first-order valence-electron chi connectivity index (χ1n) is 8.68.